The van der Waals surface area contributed by atoms with Crippen molar-refractivity contribution in [3.8, 4) is 0 Å². The van der Waals surface area contributed by atoms with Crippen LogP contribution in [0.2, 0.25) is 0 Å². The Labute approximate surface area is 109 Å². The highest BCUT2D eigenvalue weighted by Gasteiger charge is 2.25. The third kappa shape index (κ3) is 4.55. The monoisotopic (exact) mass is 256 g/mol. The third-order valence-corrected chi connectivity index (χ3v) is 3.35. The standard InChI is InChI=1S/C13H24N2O3/c1-9(2)11(12(16)18-3)15-13(17)14-10-7-5-4-6-8-10/h9-11H,4-8H2,1-3H3,(H2,14,15,17)/t11-/m0/s1. The summed E-state index contributed by atoms with van der Waals surface area (Å²) >= 11 is 0. The van der Waals surface area contributed by atoms with E-state index in [-0.39, 0.29) is 18.0 Å². The molecule has 1 aliphatic carbocycles. The average molecular weight is 256 g/mol. The molecule has 0 aromatic heterocycles. The second-order valence-corrected chi connectivity index (χ2v) is 5.20. The molecule has 0 heterocycles. The van der Waals surface area contributed by atoms with Crippen molar-refractivity contribution >= 4 is 12.0 Å². The Morgan fingerprint density at radius 2 is 1.78 bits per heavy atom. The van der Waals surface area contributed by atoms with Gasteiger partial charge in [0.25, 0.3) is 0 Å². The van der Waals surface area contributed by atoms with Gasteiger partial charge in [0.1, 0.15) is 6.04 Å². The minimum absolute atomic E-state index is 0.00885. The van der Waals surface area contributed by atoms with Gasteiger partial charge in [0, 0.05) is 6.04 Å². The van der Waals surface area contributed by atoms with Crippen LogP contribution in [0.4, 0.5) is 4.79 Å². The predicted octanol–water partition coefficient (Wildman–Crippen LogP) is 1.82. The maximum absolute atomic E-state index is 11.8. The molecule has 2 amide bonds. The Morgan fingerprint density at radius 1 is 1.17 bits per heavy atom. The van der Waals surface area contributed by atoms with Crippen LogP contribution >= 0.6 is 0 Å². The van der Waals surface area contributed by atoms with E-state index in [1.54, 1.807) is 0 Å². The van der Waals surface area contributed by atoms with Crippen molar-refractivity contribution in [3.05, 3.63) is 0 Å². The summed E-state index contributed by atoms with van der Waals surface area (Å²) in [6, 6.07) is -0.617. The number of amides is 2. The smallest absolute Gasteiger partial charge is 0.328 e. The van der Waals surface area contributed by atoms with Crippen LogP contribution < -0.4 is 10.6 Å². The Balaban J connectivity index is 2.42. The van der Waals surface area contributed by atoms with Gasteiger partial charge in [-0.3, -0.25) is 0 Å². The van der Waals surface area contributed by atoms with Gasteiger partial charge in [-0.1, -0.05) is 33.1 Å². The molecule has 1 saturated carbocycles. The molecule has 104 valence electrons. The van der Waals surface area contributed by atoms with Gasteiger partial charge < -0.3 is 15.4 Å². The van der Waals surface area contributed by atoms with Crippen molar-refractivity contribution in [2.75, 3.05) is 7.11 Å². The SMILES string of the molecule is COC(=O)[C@@H](NC(=O)NC1CCCCC1)C(C)C. The number of carbonyl (C=O) groups is 2. The number of urea groups is 1. The molecule has 0 radical (unpaired) electrons. The van der Waals surface area contributed by atoms with E-state index in [1.807, 2.05) is 13.8 Å². The summed E-state index contributed by atoms with van der Waals surface area (Å²) in [5, 5.41) is 5.62. The Kier molecular flexibility index (Phi) is 5.95. The highest BCUT2D eigenvalue weighted by atomic mass is 16.5. The first-order valence-corrected chi connectivity index (χ1v) is 6.69. The van der Waals surface area contributed by atoms with Gasteiger partial charge in [-0.2, -0.15) is 0 Å². The Bertz CT molecular complexity index is 286. The molecule has 1 fully saturated rings. The zero-order valence-corrected chi connectivity index (χ0v) is 11.5. The van der Waals surface area contributed by atoms with E-state index in [4.69, 9.17) is 0 Å². The second kappa shape index (κ2) is 7.24. The van der Waals surface area contributed by atoms with Gasteiger partial charge in [-0.15, -0.1) is 0 Å². The number of hydrogen-bond acceptors (Lipinski definition) is 3. The topological polar surface area (TPSA) is 67.4 Å². The minimum Gasteiger partial charge on any atom is -0.467 e. The number of nitrogens with one attached hydrogen (secondary N) is 2. The molecule has 0 aliphatic heterocycles. The fraction of sp³-hybridized carbons (Fsp3) is 0.846. The molecular formula is C13H24N2O3. The number of hydrogen-bond donors (Lipinski definition) is 2. The molecule has 1 atom stereocenters. The van der Waals surface area contributed by atoms with Crippen molar-refractivity contribution in [2.45, 2.75) is 58.0 Å². The fourth-order valence-electron chi connectivity index (χ4n) is 2.24. The molecule has 0 aromatic rings. The number of carbonyl (C=O) groups excluding carboxylic acids is 2. The zero-order valence-electron chi connectivity index (χ0n) is 11.5. The van der Waals surface area contributed by atoms with Crippen molar-refractivity contribution in [2.24, 2.45) is 5.92 Å². The lowest BCUT2D eigenvalue weighted by Gasteiger charge is -2.25. The lowest BCUT2D eigenvalue weighted by Crippen LogP contribution is -2.51. The summed E-state index contributed by atoms with van der Waals surface area (Å²) in [6.07, 6.45) is 5.62. The lowest BCUT2D eigenvalue weighted by atomic mass is 9.96. The molecule has 2 N–H and O–H groups in total. The van der Waals surface area contributed by atoms with E-state index >= 15 is 0 Å². The van der Waals surface area contributed by atoms with Crippen LogP contribution in [0, 0.1) is 5.92 Å². The second-order valence-electron chi connectivity index (χ2n) is 5.20. The van der Waals surface area contributed by atoms with Crippen LogP contribution in [0.3, 0.4) is 0 Å². The molecule has 18 heavy (non-hydrogen) atoms. The molecule has 0 bridgehead atoms. The van der Waals surface area contributed by atoms with Gasteiger partial charge in [0.05, 0.1) is 7.11 Å². The lowest BCUT2D eigenvalue weighted by molar-refractivity contribution is -0.143. The molecular weight excluding hydrogens is 232 g/mol. The van der Waals surface area contributed by atoms with E-state index in [1.165, 1.54) is 13.5 Å². The highest BCUT2D eigenvalue weighted by molar-refractivity contribution is 5.83. The van der Waals surface area contributed by atoms with Gasteiger partial charge in [-0.05, 0) is 18.8 Å². The van der Waals surface area contributed by atoms with Gasteiger partial charge in [0.2, 0.25) is 0 Å². The van der Waals surface area contributed by atoms with E-state index in [9.17, 15) is 9.59 Å². The van der Waals surface area contributed by atoms with Gasteiger partial charge in [-0.25, -0.2) is 9.59 Å². The van der Waals surface area contributed by atoms with Crippen LogP contribution in [0.15, 0.2) is 0 Å². The summed E-state index contributed by atoms with van der Waals surface area (Å²) in [4.78, 5) is 23.3. The summed E-state index contributed by atoms with van der Waals surface area (Å²) in [5.41, 5.74) is 0. The van der Waals surface area contributed by atoms with Crippen LogP contribution in [-0.2, 0) is 9.53 Å². The third-order valence-electron chi connectivity index (χ3n) is 3.35. The van der Waals surface area contributed by atoms with E-state index in [0.29, 0.717) is 0 Å². The highest BCUT2D eigenvalue weighted by Crippen LogP contribution is 2.17. The molecule has 0 unspecified atom stereocenters. The summed E-state index contributed by atoms with van der Waals surface area (Å²) in [7, 11) is 1.33. The first kappa shape index (κ1) is 14.8. The van der Waals surface area contributed by atoms with Crippen LogP contribution in [-0.4, -0.2) is 31.2 Å². The first-order valence-electron chi connectivity index (χ1n) is 6.69. The van der Waals surface area contributed by atoms with Crippen LogP contribution in [0.1, 0.15) is 46.0 Å². The van der Waals surface area contributed by atoms with Crippen molar-refractivity contribution in [1.29, 1.82) is 0 Å². The van der Waals surface area contributed by atoms with Crippen LogP contribution in [0.25, 0.3) is 0 Å². The number of methoxy groups -OCH3 is 1. The molecule has 0 aromatic carbocycles. The maximum atomic E-state index is 11.8. The minimum atomic E-state index is -0.585. The maximum Gasteiger partial charge on any atom is 0.328 e. The quantitative estimate of drug-likeness (QED) is 0.754. The van der Waals surface area contributed by atoms with Gasteiger partial charge >= 0.3 is 12.0 Å². The summed E-state index contributed by atoms with van der Waals surface area (Å²) < 4.78 is 4.68. The fourth-order valence-corrected chi connectivity index (χ4v) is 2.24. The Hall–Kier alpha value is -1.26. The predicted molar refractivity (Wildman–Crippen MR) is 69.2 cm³/mol. The first-order chi connectivity index (χ1) is 8.54. The van der Waals surface area contributed by atoms with Crippen molar-refractivity contribution in [1.82, 2.24) is 10.6 Å². The molecule has 1 rings (SSSR count). The number of ether oxygens (including phenoxy) is 1. The number of esters is 1. The van der Waals surface area contributed by atoms with Gasteiger partial charge in [0.15, 0.2) is 0 Å². The largest absolute Gasteiger partial charge is 0.467 e. The van der Waals surface area contributed by atoms with E-state index < -0.39 is 12.0 Å². The molecule has 5 heteroatoms. The molecule has 0 spiro atoms. The zero-order chi connectivity index (χ0) is 13.5. The Morgan fingerprint density at radius 3 is 2.28 bits per heavy atom. The molecule has 0 saturated heterocycles. The van der Waals surface area contributed by atoms with Crippen LogP contribution in [0.5, 0.6) is 0 Å². The normalized spacial score (nSPS) is 18.2. The van der Waals surface area contributed by atoms with Crippen molar-refractivity contribution in [3.63, 3.8) is 0 Å². The number of rotatable bonds is 4. The molecule has 1 aliphatic rings. The summed E-state index contributed by atoms with van der Waals surface area (Å²) in [5.74, 6) is -0.390. The summed E-state index contributed by atoms with van der Waals surface area (Å²) in [6.45, 7) is 3.75. The van der Waals surface area contributed by atoms with E-state index in [0.717, 1.165) is 25.7 Å². The average Bonchev–Trinajstić information content (AvgIpc) is 2.36. The van der Waals surface area contributed by atoms with E-state index in [2.05, 4.69) is 15.4 Å². The van der Waals surface area contributed by atoms with Crippen molar-refractivity contribution < 1.29 is 14.3 Å². The molecule has 5 nitrogen and oxygen atoms in total.